The molecule has 0 aromatic carbocycles. The molecule has 0 heterocycles. The Balaban J connectivity index is 4.26. The Morgan fingerprint density at radius 3 is 2.47 bits per heavy atom. The summed E-state index contributed by atoms with van der Waals surface area (Å²) in [6.45, 7) is 7.74. The van der Waals surface area contributed by atoms with Gasteiger partial charge >= 0.3 is 0 Å². The largest absolute Gasteiger partial charge is 0.396 e. The van der Waals surface area contributed by atoms with E-state index >= 15 is 0 Å². The van der Waals surface area contributed by atoms with Crippen LogP contribution in [0.3, 0.4) is 0 Å². The smallest absolute Gasteiger partial charge is 0.156 e. The zero-order chi connectivity index (χ0) is 11.8. The molecule has 0 fully saturated rings. The molecule has 0 spiro atoms. The van der Waals surface area contributed by atoms with Gasteiger partial charge in [0.15, 0.2) is 11.1 Å². The Morgan fingerprint density at radius 1 is 1.47 bits per heavy atom. The normalized spacial score (nSPS) is 19.2. The van der Waals surface area contributed by atoms with E-state index in [1.807, 2.05) is 13.8 Å². The Kier molecular flexibility index (Phi) is 7.92. The molecule has 0 bridgehead atoms. The van der Waals surface area contributed by atoms with Crippen LogP contribution in [0.4, 0.5) is 0 Å². The summed E-state index contributed by atoms with van der Waals surface area (Å²) < 4.78 is 20.4. The highest BCUT2D eigenvalue weighted by molar-refractivity contribution is 7.79. The molecule has 0 radical (unpaired) electrons. The summed E-state index contributed by atoms with van der Waals surface area (Å²) in [6.07, 6.45) is 3.90. The van der Waals surface area contributed by atoms with Gasteiger partial charge in [0, 0.05) is 6.61 Å². The molecular formula is C11H22O3S. The van der Waals surface area contributed by atoms with Crippen LogP contribution in [0.25, 0.3) is 0 Å². The van der Waals surface area contributed by atoms with Crippen molar-refractivity contribution in [1.29, 1.82) is 0 Å². The summed E-state index contributed by atoms with van der Waals surface area (Å²) in [7, 11) is 0. The summed E-state index contributed by atoms with van der Waals surface area (Å²) >= 11 is -1.79. The van der Waals surface area contributed by atoms with Crippen LogP contribution in [0.5, 0.6) is 0 Å². The van der Waals surface area contributed by atoms with Crippen molar-refractivity contribution in [2.45, 2.75) is 38.4 Å². The molecule has 4 heteroatoms. The lowest BCUT2D eigenvalue weighted by atomic mass is 9.93. The van der Waals surface area contributed by atoms with Gasteiger partial charge in [-0.1, -0.05) is 19.9 Å². The van der Waals surface area contributed by atoms with Crippen LogP contribution in [0.1, 0.15) is 33.1 Å². The molecule has 0 aromatic heterocycles. The SMILES string of the molecule is C=CC[C@@H](C)[C@@H](C[C@@H](C)CCO)S(=O)O. The lowest BCUT2D eigenvalue weighted by Crippen LogP contribution is -2.25. The van der Waals surface area contributed by atoms with Gasteiger partial charge in [-0.15, -0.1) is 6.58 Å². The lowest BCUT2D eigenvalue weighted by molar-refractivity contribution is 0.253. The fourth-order valence-electron chi connectivity index (χ4n) is 1.66. The highest BCUT2D eigenvalue weighted by Crippen LogP contribution is 2.22. The zero-order valence-electron chi connectivity index (χ0n) is 9.56. The fourth-order valence-corrected chi connectivity index (χ4v) is 2.66. The Morgan fingerprint density at radius 2 is 2.07 bits per heavy atom. The van der Waals surface area contributed by atoms with Crippen molar-refractivity contribution in [3.05, 3.63) is 12.7 Å². The maximum atomic E-state index is 11.2. The minimum absolute atomic E-state index is 0.141. The molecule has 0 amide bonds. The third-order valence-electron chi connectivity index (χ3n) is 2.69. The highest BCUT2D eigenvalue weighted by Gasteiger charge is 2.23. The standard InChI is InChI=1S/C11H22O3S/c1-4-5-10(3)11(15(13)14)8-9(2)6-7-12/h4,9-12H,1,5-8H2,2-3H3,(H,13,14)/t9-,10+,11+/m0/s1. The molecule has 0 aliphatic carbocycles. The first-order valence-electron chi connectivity index (χ1n) is 5.34. The van der Waals surface area contributed by atoms with E-state index in [1.54, 1.807) is 6.08 Å². The van der Waals surface area contributed by atoms with E-state index in [0.29, 0.717) is 12.8 Å². The Hall–Kier alpha value is -0.190. The third-order valence-corrected chi connectivity index (χ3v) is 3.86. The van der Waals surface area contributed by atoms with Crippen molar-refractivity contribution >= 4 is 11.1 Å². The second-order valence-electron chi connectivity index (χ2n) is 4.17. The topological polar surface area (TPSA) is 57.5 Å². The van der Waals surface area contributed by atoms with E-state index in [1.165, 1.54) is 0 Å². The number of aliphatic hydroxyl groups excluding tert-OH is 1. The van der Waals surface area contributed by atoms with E-state index in [2.05, 4.69) is 6.58 Å². The minimum Gasteiger partial charge on any atom is -0.396 e. The van der Waals surface area contributed by atoms with E-state index in [0.717, 1.165) is 6.42 Å². The van der Waals surface area contributed by atoms with Gasteiger partial charge in [0.05, 0.1) is 5.25 Å². The van der Waals surface area contributed by atoms with Crippen LogP contribution in [0.15, 0.2) is 12.7 Å². The molecule has 90 valence electrons. The summed E-state index contributed by atoms with van der Waals surface area (Å²) in [6, 6.07) is 0. The number of rotatable bonds is 8. The second kappa shape index (κ2) is 8.02. The van der Waals surface area contributed by atoms with E-state index < -0.39 is 11.1 Å². The van der Waals surface area contributed by atoms with E-state index in [4.69, 9.17) is 5.11 Å². The van der Waals surface area contributed by atoms with Crippen molar-refractivity contribution < 1.29 is 13.9 Å². The van der Waals surface area contributed by atoms with Crippen LogP contribution in [-0.4, -0.2) is 25.7 Å². The minimum atomic E-state index is -1.79. The first kappa shape index (κ1) is 14.8. The number of hydrogen-bond acceptors (Lipinski definition) is 2. The summed E-state index contributed by atoms with van der Waals surface area (Å²) in [5.74, 6) is 0.442. The molecule has 4 atom stereocenters. The van der Waals surface area contributed by atoms with Crippen LogP contribution >= 0.6 is 0 Å². The molecular weight excluding hydrogens is 212 g/mol. The van der Waals surface area contributed by atoms with Gasteiger partial charge in [0.1, 0.15) is 0 Å². The van der Waals surface area contributed by atoms with Crippen molar-refractivity contribution in [1.82, 2.24) is 0 Å². The maximum Gasteiger partial charge on any atom is 0.156 e. The molecule has 0 saturated carbocycles. The predicted octanol–water partition coefficient (Wildman–Crippen LogP) is 2.20. The third kappa shape index (κ3) is 6.07. The molecule has 0 rings (SSSR count). The van der Waals surface area contributed by atoms with Crippen molar-refractivity contribution in [3.63, 3.8) is 0 Å². The molecule has 1 unspecified atom stereocenters. The molecule has 0 aromatic rings. The van der Waals surface area contributed by atoms with E-state index in [9.17, 15) is 8.76 Å². The number of hydrogen-bond donors (Lipinski definition) is 2. The van der Waals surface area contributed by atoms with Gasteiger partial charge in [-0.3, -0.25) is 0 Å². The summed E-state index contributed by atoms with van der Waals surface area (Å²) in [5, 5.41) is 8.56. The first-order valence-corrected chi connectivity index (χ1v) is 6.51. The lowest BCUT2D eigenvalue weighted by Gasteiger charge is -2.22. The van der Waals surface area contributed by atoms with Gasteiger partial charge < -0.3 is 9.66 Å². The van der Waals surface area contributed by atoms with Crippen molar-refractivity contribution in [2.75, 3.05) is 6.61 Å². The molecule has 0 saturated heterocycles. The van der Waals surface area contributed by atoms with Crippen LogP contribution in [-0.2, 0) is 11.1 Å². The molecule has 2 N–H and O–H groups in total. The second-order valence-corrected chi connectivity index (χ2v) is 5.33. The Bertz CT molecular complexity index is 206. The average molecular weight is 234 g/mol. The molecule has 0 aliphatic heterocycles. The average Bonchev–Trinajstić information content (AvgIpc) is 2.14. The monoisotopic (exact) mass is 234 g/mol. The zero-order valence-corrected chi connectivity index (χ0v) is 10.4. The fraction of sp³-hybridized carbons (Fsp3) is 0.818. The number of allylic oxidation sites excluding steroid dienone is 1. The van der Waals surface area contributed by atoms with Gasteiger partial charge in [0.25, 0.3) is 0 Å². The predicted molar refractivity (Wildman–Crippen MR) is 64.0 cm³/mol. The quantitative estimate of drug-likeness (QED) is 0.500. The molecule has 0 aliphatic rings. The van der Waals surface area contributed by atoms with Gasteiger partial charge in [-0.05, 0) is 31.1 Å². The molecule has 15 heavy (non-hydrogen) atoms. The number of aliphatic hydroxyl groups is 1. The van der Waals surface area contributed by atoms with Crippen LogP contribution in [0.2, 0.25) is 0 Å². The summed E-state index contributed by atoms with van der Waals surface area (Å²) in [4.78, 5) is 0. The first-order chi connectivity index (χ1) is 7.02. The highest BCUT2D eigenvalue weighted by atomic mass is 32.2. The van der Waals surface area contributed by atoms with Crippen molar-refractivity contribution in [3.8, 4) is 0 Å². The van der Waals surface area contributed by atoms with Crippen molar-refractivity contribution in [2.24, 2.45) is 11.8 Å². The summed E-state index contributed by atoms with van der Waals surface area (Å²) in [5.41, 5.74) is 0. The van der Waals surface area contributed by atoms with Crippen LogP contribution < -0.4 is 0 Å². The molecule has 3 nitrogen and oxygen atoms in total. The Labute approximate surface area is 94.9 Å². The van der Waals surface area contributed by atoms with Crippen LogP contribution in [0, 0.1) is 11.8 Å². The van der Waals surface area contributed by atoms with E-state index in [-0.39, 0.29) is 23.7 Å². The maximum absolute atomic E-state index is 11.2. The van der Waals surface area contributed by atoms with Gasteiger partial charge in [-0.2, -0.15) is 0 Å². The van der Waals surface area contributed by atoms with Gasteiger partial charge in [0.2, 0.25) is 0 Å². The van der Waals surface area contributed by atoms with Gasteiger partial charge in [-0.25, -0.2) is 4.21 Å².